The fourth-order valence-electron chi connectivity index (χ4n) is 1.93. The van der Waals surface area contributed by atoms with E-state index in [0.29, 0.717) is 11.4 Å². The molecule has 16 heavy (non-hydrogen) atoms. The highest BCUT2D eigenvalue weighted by molar-refractivity contribution is 6.15. The lowest BCUT2D eigenvalue weighted by Gasteiger charge is -2.15. The molecule has 0 aromatic heterocycles. The van der Waals surface area contributed by atoms with Gasteiger partial charge in [-0.25, -0.2) is 0 Å². The molecule has 0 saturated carbocycles. The molecule has 1 atom stereocenters. The molecule has 0 fully saturated rings. The van der Waals surface area contributed by atoms with Crippen molar-refractivity contribution in [2.75, 3.05) is 10.7 Å². The molecule has 4 heteroatoms. The summed E-state index contributed by atoms with van der Waals surface area (Å²) < 4.78 is 0. The van der Waals surface area contributed by atoms with E-state index in [2.05, 4.69) is 5.10 Å². The third-order valence-electron chi connectivity index (χ3n) is 2.84. The van der Waals surface area contributed by atoms with Crippen molar-refractivity contribution in [3.05, 3.63) is 24.3 Å². The fourth-order valence-corrected chi connectivity index (χ4v) is 1.93. The number of anilines is 2. The summed E-state index contributed by atoms with van der Waals surface area (Å²) >= 11 is 0. The van der Waals surface area contributed by atoms with E-state index >= 15 is 0 Å². The summed E-state index contributed by atoms with van der Waals surface area (Å²) in [4.78, 5) is 12.1. The summed E-state index contributed by atoms with van der Waals surface area (Å²) in [6.07, 6.45) is 0.775. The van der Waals surface area contributed by atoms with Crippen molar-refractivity contribution in [2.45, 2.75) is 20.3 Å². The van der Waals surface area contributed by atoms with Crippen molar-refractivity contribution in [2.24, 2.45) is 11.0 Å². The maximum atomic E-state index is 12.1. The summed E-state index contributed by atoms with van der Waals surface area (Å²) in [6.45, 7) is 3.87. The minimum absolute atomic E-state index is 0.0119. The molecule has 2 N–H and O–H groups in total. The lowest BCUT2D eigenvalue weighted by molar-refractivity contribution is -0.119. The van der Waals surface area contributed by atoms with Gasteiger partial charge in [0.25, 0.3) is 5.91 Å². The molecule has 1 aromatic carbocycles. The van der Waals surface area contributed by atoms with Gasteiger partial charge in [-0.15, -0.1) is 0 Å². The van der Waals surface area contributed by atoms with Gasteiger partial charge in [0.05, 0.1) is 17.3 Å². The zero-order chi connectivity index (χ0) is 11.7. The van der Waals surface area contributed by atoms with E-state index in [1.165, 1.54) is 5.01 Å². The van der Waals surface area contributed by atoms with Crippen LogP contribution in [-0.2, 0) is 4.79 Å². The maximum Gasteiger partial charge on any atom is 0.256 e. The molecule has 0 spiro atoms. The highest BCUT2D eigenvalue weighted by atomic mass is 16.2. The highest BCUT2D eigenvalue weighted by Crippen LogP contribution is 2.29. The molecular formula is C12H15N3O. The van der Waals surface area contributed by atoms with Crippen LogP contribution < -0.4 is 10.7 Å². The Kier molecular flexibility index (Phi) is 2.64. The summed E-state index contributed by atoms with van der Waals surface area (Å²) in [5.41, 5.74) is 7.93. The van der Waals surface area contributed by atoms with Gasteiger partial charge in [-0.05, 0) is 25.5 Å². The van der Waals surface area contributed by atoms with E-state index in [1.807, 2.05) is 32.0 Å². The lowest BCUT2D eigenvalue weighted by atomic mass is 10.0. The van der Waals surface area contributed by atoms with Crippen molar-refractivity contribution in [3.63, 3.8) is 0 Å². The Morgan fingerprint density at radius 2 is 2.12 bits per heavy atom. The number of benzene rings is 1. The molecule has 0 bridgehead atoms. The third-order valence-corrected chi connectivity index (χ3v) is 2.84. The second-order valence-corrected chi connectivity index (χ2v) is 3.91. The van der Waals surface area contributed by atoms with Crippen molar-refractivity contribution in [3.8, 4) is 0 Å². The van der Waals surface area contributed by atoms with Crippen molar-refractivity contribution >= 4 is 23.0 Å². The Morgan fingerprint density at radius 3 is 2.69 bits per heavy atom. The Morgan fingerprint density at radius 1 is 1.44 bits per heavy atom. The zero-order valence-corrected chi connectivity index (χ0v) is 9.47. The molecule has 0 saturated heterocycles. The summed E-state index contributed by atoms with van der Waals surface area (Å²) in [6, 6.07) is 7.27. The molecule has 0 aliphatic carbocycles. The topological polar surface area (TPSA) is 58.7 Å². The van der Waals surface area contributed by atoms with Crippen LogP contribution in [0, 0.1) is 5.92 Å². The van der Waals surface area contributed by atoms with Gasteiger partial charge in [-0.3, -0.25) is 4.79 Å². The monoisotopic (exact) mass is 217 g/mol. The van der Waals surface area contributed by atoms with Crippen LogP contribution in [0.1, 0.15) is 20.3 Å². The van der Waals surface area contributed by atoms with Gasteiger partial charge >= 0.3 is 0 Å². The van der Waals surface area contributed by atoms with E-state index in [1.54, 1.807) is 6.07 Å². The number of nitrogens with two attached hydrogens (primary N) is 1. The minimum atomic E-state index is -0.0976. The summed E-state index contributed by atoms with van der Waals surface area (Å²) in [5.74, 6) is -0.0856. The van der Waals surface area contributed by atoms with Crippen LogP contribution in [0.3, 0.4) is 0 Å². The SMILES string of the molecule is CCC1C(=O)N(c2ccccc2N)N=C1C. The summed E-state index contributed by atoms with van der Waals surface area (Å²) in [7, 11) is 0. The van der Waals surface area contributed by atoms with Gasteiger partial charge in [0.15, 0.2) is 0 Å². The number of hydrazone groups is 1. The van der Waals surface area contributed by atoms with Gasteiger partial charge in [-0.1, -0.05) is 19.1 Å². The minimum Gasteiger partial charge on any atom is -0.397 e. The smallest absolute Gasteiger partial charge is 0.256 e. The second-order valence-electron chi connectivity index (χ2n) is 3.91. The number of nitrogens with zero attached hydrogens (tertiary/aromatic N) is 2. The van der Waals surface area contributed by atoms with E-state index in [4.69, 9.17) is 5.73 Å². The lowest BCUT2D eigenvalue weighted by Crippen LogP contribution is -2.27. The number of rotatable bonds is 2. The van der Waals surface area contributed by atoms with Crippen LogP contribution in [0.4, 0.5) is 11.4 Å². The number of nitrogen functional groups attached to an aromatic ring is 1. The van der Waals surface area contributed by atoms with Gasteiger partial charge in [0.1, 0.15) is 0 Å². The first kappa shape index (κ1) is 10.7. The molecule has 1 aromatic rings. The Hall–Kier alpha value is -1.84. The molecular weight excluding hydrogens is 202 g/mol. The zero-order valence-electron chi connectivity index (χ0n) is 9.47. The van der Waals surface area contributed by atoms with Crippen LogP contribution >= 0.6 is 0 Å². The van der Waals surface area contributed by atoms with Crippen molar-refractivity contribution < 1.29 is 4.79 Å². The van der Waals surface area contributed by atoms with E-state index in [9.17, 15) is 4.79 Å². The molecule has 84 valence electrons. The predicted molar refractivity (Wildman–Crippen MR) is 65.2 cm³/mol. The Balaban J connectivity index is 2.38. The first-order chi connectivity index (χ1) is 7.65. The van der Waals surface area contributed by atoms with E-state index in [-0.39, 0.29) is 11.8 Å². The second kappa shape index (κ2) is 3.96. The van der Waals surface area contributed by atoms with Crippen molar-refractivity contribution in [1.29, 1.82) is 0 Å². The molecule has 0 radical (unpaired) electrons. The van der Waals surface area contributed by atoms with Crippen LogP contribution in [0.25, 0.3) is 0 Å². The molecule has 1 aliphatic rings. The normalized spacial score (nSPS) is 20.1. The van der Waals surface area contributed by atoms with Gasteiger partial charge in [0.2, 0.25) is 0 Å². The van der Waals surface area contributed by atoms with Crippen LogP contribution in [0.15, 0.2) is 29.4 Å². The fraction of sp³-hybridized carbons (Fsp3) is 0.333. The first-order valence-electron chi connectivity index (χ1n) is 5.38. The highest BCUT2D eigenvalue weighted by Gasteiger charge is 2.33. The molecule has 1 amide bonds. The Labute approximate surface area is 94.7 Å². The largest absolute Gasteiger partial charge is 0.397 e. The quantitative estimate of drug-likeness (QED) is 0.770. The van der Waals surface area contributed by atoms with Gasteiger partial charge < -0.3 is 5.73 Å². The molecule has 1 unspecified atom stereocenters. The number of hydrogen-bond donors (Lipinski definition) is 1. The number of hydrogen-bond acceptors (Lipinski definition) is 3. The third kappa shape index (κ3) is 1.56. The average molecular weight is 217 g/mol. The van der Waals surface area contributed by atoms with Gasteiger partial charge in [0, 0.05) is 5.71 Å². The number of carbonyl (C=O) groups excluding carboxylic acids is 1. The van der Waals surface area contributed by atoms with Gasteiger partial charge in [-0.2, -0.15) is 10.1 Å². The number of carbonyl (C=O) groups is 1. The Bertz CT molecular complexity index is 453. The van der Waals surface area contributed by atoms with Crippen molar-refractivity contribution in [1.82, 2.24) is 0 Å². The molecule has 2 rings (SSSR count). The molecule has 4 nitrogen and oxygen atoms in total. The van der Waals surface area contributed by atoms with Crippen LogP contribution in [-0.4, -0.2) is 11.6 Å². The average Bonchev–Trinajstić information content (AvgIpc) is 2.55. The molecule has 1 aliphatic heterocycles. The van der Waals surface area contributed by atoms with Crippen LogP contribution in [0.2, 0.25) is 0 Å². The standard InChI is InChI=1S/C12H15N3O/c1-3-9-8(2)14-15(12(9)16)11-7-5-4-6-10(11)13/h4-7,9H,3,13H2,1-2H3. The summed E-state index contributed by atoms with van der Waals surface area (Å²) in [5, 5.41) is 5.69. The molecule has 1 heterocycles. The number of amides is 1. The van der Waals surface area contributed by atoms with E-state index < -0.39 is 0 Å². The van der Waals surface area contributed by atoms with E-state index in [0.717, 1.165) is 12.1 Å². The first-order valence-corrected chi connectivity index (χ1v) is 5.38. The predicted octanol–water partition coefficient (Wildman–Crippen LogP) is 2.02. The number of para-hydroxylation sites is 2. The van der Waals surface area contributed by atoms with Crippen LogP contribution in [0.5, 0.6) is 0 Å². The maximum absolute atomic E-state index is 12.1.